The number of nitriles is 1. The smallest absolute Gasteiger partial charge is 0.147 e. The van der Waals surface area contributed by atoms with Crippen molar-refractivity contribution in [1.29, 1.82) is 5.26 Å². The maximum absolute atomic E-state index is 13.8. The molecule has 0 bridgehead atoms. The molecule has 3 nitrogen and oxygen atoms in total. The Morgan fingerprint density at radius 1 is 1.33 bits per heavy atom. The van der Waals surface area contributed by atoms with E-state index in [0.29, 0.717) is 17.8 Å². The number of anilines is 1. The normalized spacial score (nSPS) is 9.83. The van der Waals surface area contributed by atoms with Gasteiger partial charge < -0.3 is 4.90 Å². The fourth-order valence-electron chi connectivity index (χ4n) is 1.71. The Balaban J connectivity index is 2.19. The number of aromatic nitrogens is 1. The summed E-state index contributed by atoms with van der Waals surface area (Å²) in [5.74, 6) is -0.396. The maximum atomic E-state index is 13.8. The zero-order chi connectivity index (χ0) is 13.0. The van der Waals surface area contributed by atoms with E-state index in [9.17, 15) is 4.39 Å². The highest BCUT2D eigenvalue weighted by atomic mass is 19.1. The van der Waals surface area contributed by atoms with Crippen molar-refractivity contribution >= 4 is 5.69 Å². The second kappa shape index (κ2) is 5.28. The van der Waals surface area contributed by atoms with Crippen LogP contribution in [0.1, 0.15) is 11.3 Å². The molecule has 1 aromatic heterocycles. The summed E-state index contributed by atoms with van der Waals surface area (Å²) in [4.78, 5) is 5.95. The number of hydrogen-bond acceptors (Lipinski definition) is 3. The molecule has 1 heterocycles. The first-order valence-electron chi connectivity index (χ1n) is 5.51. The molecular weight excluding hydrogens is 229 g/mol. The Kier molecular flexibility index (Phi) is 3.54. The number of pyridine rings is 1. The molecule has 0 fully saturated rings. The average Bonchev–Trinajstić information content (AvgIpc) is 2.39. The standard InChI is InChI=1S/C14H12FN3/c1-18(10-12-4-2-3-7-17-12)14-6-5-11(9-16)8-13(14)15/h2-8H,10H2,1H3. The zero-order valence-corrected chi connectivity index (χ0v) is 9.97. The van der Waals surface area contributed by atoms with Crippen molar-refractivity contribution < 1.29 is 4.39 Å². The third-order valence-electron chi connectivity index (χ3n) is 2.61. The summed E-state index contributed by atoms with van der Waals surface area (Å²) in [5, 5.41) is 8.69. The van der Waals surface area contributed by atoms with E-state index in [-0.39, 0.29) is 0 Å². The highest BCUT2D eigenvalue weighted by Gasteiger charge is 2.09. The summed E-state index contributed by atoms with van der Waals surface area (Å²) >= 11 is 0. The van der Waals surface area contributed by atoms with Gasteiger partial charge in [0, 0.05) is 13.2 Å². The monoisotopic (exact) mass is 241 g/mol. The van der Waals surface area contributed by atoms with E-state index < -0.39 is 5.82 Å². The van der Waals surface area contributed by atoms with Crippen LogP contribution in [-0.4, -0.2) is 12.0 Å². The molecule has 18 heavy (non-hydrogen) atoms. The van der Waals surface area contributed by atoms with E-state index in [2.05, 4.69) is 4.98 Å². The van der Waals surface area contributed by atoms with Gasteiger partial charge in [0.25, 0.3) is 0 Å². The summed E-state index contributed by atoms with van der Waals surface area (Å²) < 4.78 is 13.8. The summed E-state index contributed by atoms with van der Waals surface area (Å²) in [6.07, 6.45) is 1.71. The molecule has 0 spiro atoms. The molecule has 0 saturated heterocycles. The Bertz CT molecular complexity index is 575. The van der Waals surface area contributed by atoms with Gasteiger partial charge in [-0.15, -0.1) is 0 Å². The van der Waals surface area contributed by atoms with Gasteiger partial charge in [-0.2, -0.15) is 5.26 Å². The molecule has 0 unspecified atom stereocenters. The van der Waals surface area contributed by atoms with Crippen molar-refractivity contribution in [3.05, 3.63) is 59.7 Å². The molecule has 0 aliphatic rings. The van der Waals surface area contributed by atoms with Crippen molar-refractivity contribution in [2.45, 2.75) is 6.54 Å². The van der Waals surface area contributed by atoms with Gasteiger partial charge in [-0.25, -0.2) is 4.39 Å². The maximum Gasteiger partial charge on any atom is 0.147 e. The van der Waals surface area contributed by atoms with Crippen LogP contribution in [0.3, 0.4) is 0 Å². The summed E-state index contributed by atoms with van der Waals surface area (Å²) in [7, 11) is 1.79. The molecule has 4 heteroatoms. The van der Waals surface area contributed by atoms with Crippen LogP contribution >= 0.6 is 0 Å². The molecule has 0 N–H and O–H groups in total. The molecule has 0 aliphatic carbocycles. The lowest BCUT2D eigenvalue weighted by Crippen LogP contribution is -2.18. The van der Waals surface area contributed by atoms with Gasteiger partial charge >= 0.3 is 0 Å². The number of nitrogens with zero attached hydrogens (tertiary/aromatic N) is 3. The van der Waals surface area contributed by atoms with E-state index in [1.165, 1.54) is 6.07 Å². The Hall–Kier alpha value is -2.41. The lowest BCUT2D eigenvalue weighted by atomic mass is 10.2. The topological polar surface area (TPSA) is 39.9 Å². The molecule has 0 saturated carbocycles. The number of halogens is 1. The predicted octanol–water partition coefficient (Wildman–Crippen LogP) is 2.73. The van der Waals surface area contributed by atoms with Gasteiger partial charge in [0.2, 0.25) is 0 Å². The van der Waals surface area contributed by atoms with Crippen molar-refractivity contribution in [1.82, 2.24) is 4.98 Å². The minimum atomic E-state index is -0.396. The quantitative estimate of drug-likeness (QED) is 0.829. The van der Waals surface area contributed by atoms with Crippen LogP contribution in [0, 0.1) is 17.1 Å². The molecule has 0 aliphatic heterocycles. The van der Waals surface area contributed by atoms with Gasteiger partial charge in [0.15, 0.2) is 0 Å². The Labute approximate surface area is 105 Å². The highest BCUT2D eigenvalue weighted by Crippen LogP contribution is 2.20. The van der Waals surface area contributed by atoms with E-state index in [4.69, 9.17) is 5.26 Å². The SMILES string of the molecule is CN(Cc1ccccn1)c1ccc(C#N)cc1F. The second-order valence-electron chi connectivity index (χ2n) is 3.96. The van der Waals surface area contributed by atoms with Gasteiger partial charge in [0.05, 0.1) is 29.6 Å². The van der Waals surface area contributed by atoms with Crippen LogP contribution in [0.25, 0.3) is 0 Å². The summed E-state index contributed by atoms with van der Waals surface area (Å²) in [6.45, 7) is 0.518. The van der Waals surface area contributed by atoms with E-state index in [0.717, 1.165) is 5.69 Å². The van der Waals surface area contributed by atoms with Crippen molar-refractivity contribution in [3.63, 3.8) is 0 Å². The third kappa shape index (κ3) is 2.64. The Morgan fingerprint density at radius 3 is 2.78 bits per heavy atom. The van der Waals surface area contributed by atoms with Crippen molar-refractivity contribution in [2.24, 2.45) is 0 Å². The van der Waals surface area contributed by atoms with Crippen molar-refractivity contribution in [3.8, 4) is 6.07 Å². The lowest BCUT2D eigenvalue weighted by molar-refractivity contribution is 0.621. The van der Waals surface area contributed by atoms with Gasteiger partial charge in [0.1, 0.15) is 5.82 Å². The average molecular weight is 241 g/mol. The predicted molar refractivity (Wildman–Crippen MR) is 67.5 cm³/mol. The number of benzene rings is 1. The largest absolute Gasteiger partial charge is 0.366 e. The zero-order valence-electron chi connectivity index (χ0n) is 9.97. The lowest BCUT2D eigenvalue weighted by Gasteiger charge is -2.19. The molecule has 0 amide bonds. The third-order valence-corrected chi connectivity index (χ3v) is 2.61. The van der Waals surface area contributed by atoms with Crippen LogP contribution < -0.4 is 4.90 Å². The fourth-order valence-corrected chi connectivity index (χ4v) is 1.71. The number of hydrogen-bond donors (Lipinski definition) is 0. The van der Waals surface area contributed by atoms with Crippen LogP contribution in [-0.2, 0) is 6.54 Å². The first-order chi connectivity index (χ1) is 8.70. The molecular formula is C14H12FN3. The van der Waals surface area contributed by atoms with E-state index in [1.54, 1.807) is 30.3 Å². The summed E-state index contributed by atoms with van der Waals surface area (Å²) in [6, 6.07) is 12.0. The molecule has 0 radical (unpaired) electrons. The van der Waals surface area contributed by atoms with Gasteiger partial charge in [-0.05, 0) is 30.3 Å². The first-order valence-corrected chi connectivity index (χ1v) is 5.51. The second-order valence-corrected chi connectivity index (χ2v) is 3.96. The van der Waals surface area contributed by atoms with Crippen LogP contribution in [0.15, 0.2) is 42.6 Å². The highest BCUT2D eigenvalue weighted by molar-refractivity contribution is 5.50. The van der Waals surface area contributed by atoms with E-state index in [1.807, 2.05) is 24.3 Å². The van der Waals surface area contributed by atoms with Gasteiger partial charge in [-0.1, -0.05) is 6.07 Å². The van der Waals surface area contributed by atoms with E-state index >= 15 is 0 Å². The Morgan fingerprint density at radius 2 is 2.17 bits per heavy atom. The minimum absolute atomic E-state index is 0.322. The van der Waals surface area contributed by atoms with Crippen LogP contribution in [0.5, 0.6) is 0 Å². The minimum Gasteiger partial charge on any atom is -0.366 e. The van der Waals surface area contributed by atoms with Crippen LogP contribution in [0.4, 0.5) is 10.1 Å². The fraction of sp³-hybridized carbons (Fsp3) is 0.143. The molecule has 2 rings (SSSR count). The molecule has 1 aromatic carbocycles. The molecule has 0 atom stereocenters. The summed E-state index contributed by atoms with van der Waals surface area (Å²) in [5.41, 5.74) is 1.64. The molecule has 2 aromatic rings. The van der Waals surface area contributed by atoms with Gasteiger partial charge in [-0.3, -0.25) is 4.98 Å². The molecule has 90 valence electrons. The van der Waals surface area contributed by atoms with Crippen molar-refractivity contribution in [2.75, 3.05) is 11.9 Å². The first kappa shape index (κ1) is 12.1. The number of rotatable bonds is 3. The van der Waals surface area contributed by atoms with Crippen LogP contribution in [0.2, 0.25) is 0 Å².